The number of carboxylic acid groups (broad SMARTS) is 1. The lowest BCUT2D eigenvalue weighted by Crippen LogP contribution is -2.52. The summed E-state index contributed by atoms with van der Waals surface area (Å²) in [4.78, 5) is 24.4. The van der Waals surface area contributed by atoms with Crippen molar-refractivity contribution >= 4 is 11.9 Å². The van der Waals surface area contributed by atoms with Crippen LogP contribution in [0.2, 0.25) is 0 Å². The topological polar surface area (TPSA) is 76.1 Å². The number of rotatable bonds is 2. The summed E-state index contributed by atoms with van der Waals surface area (Å²) < 4.78 is 10.5. The number of morpholine rings is 1. The molecule has 0 aliphatic carbocycles. The largest absolute Gasteiger partial charge is 0.479 e. The maximum atomic E-state index is 12.1. The summed E-state index contributed by atoms with van der Waals surface area (Å²) in [7, 11) is 0. The van der Waals surface area contributed by atoms with Gasteiger partial charge < -0.3 is 19.5 Å². The quantitative estimate of drug-likeness (QED) is 0.731. The molecule has 1 amide bonds. The molecule has 0 spiro atoms. The van der Waals surface area contributed by atoms with Crippen molar-refractivity contribution in [3.05, 3.63) is 0 Å². The molecule has 6 nitrogen and oxygen atoms in total. The molecule has 0 aromatic heterocycles. The predicted octanol–water partition coefficient (Wildman–Crippen LogP) is -0.133. The summed E-state index contributed by atoms with van der Waals surface area (Å²) in [5, 5.41) is 8.85. The summed E-state index contributed by atoms with van der Waals surface area (Å²) in [5.41, 5.74) is 0. The Labute approximate surface area is 99.5 Å². The van der Waals surface area contributed by atoms with Crippen molar-refractivity contribution in [1.29, 1.82) is 0 Å². The average molecular weight is 243 g/mol. The molecule has 2 saturated heterocycles. The third-order valence-corrected chi connectivity index (χ3v) is 3.11. The van der Waals surface area contributed by atoms with E-state index < -0.39 is 18.2 Å². The van der Waals surface area contributed by atoms with Gasteiger partial charge in [0.2, 0.25) is 0 Å². The van der Waals surface area contributed by atoms with E-state index in [1.165, 1.54) is 4.90 Å². The lowest BCUT2D eigenvalue weighted by molar-refractivity contribution is -0.164. The van der Waals surface area contributed by atoms with E-state index >= 15 is 0 Å². The molecule has 1 N–H and O–H groups in total. The van der Waals surface area contributed by atoms with E-state index in [-0.39, 0.29) is 19.1 Å². The van der Waals surface area contributed by atoms with Crippen molar-refractivity contribution in [2.45, 2.75) is 31.5 Å². The molecule has 6 heteroatoms. The third-order valence-electron chi connectivity index (χ3n) is 3.11. The summed E-state index contributed by atoms with van der Waals surface area (Å²) in [6.45, 7) is 1.45. The van der Waals surface area contributed by atoms with Gasteiger partial charge in [-0.15, -0.1) is 0 Å². The van der Waals surface area contributed by atoms with Crippen molar-refractivity contribution in [2.24, 2.45) is 0 Å². The minimum Gasteiger partial charge on any atom is -0.479 e. The molecule has 2 atom stereocenters. The highest BCUT2D eigenvalue weighted by atomic mass is 16.5. The van der Waals surface area contributed by atoms with Gasteiger partial charge in [-0.3, -0.25) is 4.79 Å². The van der Waals surface area contributed by atoms with Crippen LogP contribution in [-0.4, -0.2) is 60.4 Å². The van der Waals surface area contributed by atoms with Gasteiger partial charge in [0.15, 0.2) is 6.10 Å². The molecule has 2 rings (SSSR count). The van der Waals surface area contributed by atoms with E-state index in [2.05, 4.69) is 0 Å². The number of ether oxygens (including phenoxy) is 2. The first-order valence-electron chi connectivity index (χ1n) is 5.93. The van der Waals surface area contributed by atoms with Crippen LogP contribution in [0.5, 0.6) is 0 Å². The Morgan fingerprint density at radius 1 is 1.12 bits per heavy atom. The van der Waals surface area contributed by atoms with Crippen LogP contribution in [0, 0.1) is 0 Å². The fourth-order valence-corrected chi connectivity index (χ4v) is 2.14. The van der Waals surface area contributed by atoms with E-state index in [1.54, 1.807) is 0 Å². The lowest BCUT2D eigenvalue weighted by atomic mass is 10.1. The molecule has 96 valence electrons. The summed E-state index contributed by atoms with van der Waals surface area (Å²) in [6, 6.07) is 0. The highest BCUT2D eigenvalue weighted by molar-refractivity contribution is 5.82. The number of amides is 1. The molecular formula is C11H17NO5. The highest BCUT2D eigenvalue weighted by Crippen LogP contribution is 2.16. The van der Waals surface area contributed by atoms with Crippen molar-refractivity contribution in [3.63, 3.8) is 0 Å². The first-order chi connectivity index (χ1) is 8.18. The minimum absolute atomic E-state index is 0.0979. The molecule has 2 aliphatic rings. The average Bonchev–Trinajstić information content (AvgIpc) is 2.39. The molecular weight excluding hydrogens is 226 g/mol. The molecule has 0 radical (unpaired) electrons. The second-order valence-corrected chi connectivity index (χ2v) is 4.34. The number of carbonyl (C=O) groups excluding carboxylic acids is 1. The maximum absolute atomic E-state index is 12.1. The number of nitrogens with zero attached hydrogens (tertiary/aromatic N) is 1. The first-order valence-corrected chi connectivity index (χ1v) is 5.93. The van der Waals surface area contributed by atoms with Crippen molar-refractivity contribution in [3.8, 4) is 0 Å². The third kappa shape index (κ3) is 2.95. The van der Waals surface area contributed by atoms with E-state index in [9.17, 15) is 9.59 Å². The van der Waals surface area contributed by atoms with Crippen LogP contribution in [-0.2, 0) is 19.1 Å². The van der Waals surface area contributed by atoms with Crippen LogP contribution in [0.1, 0.15) is 19.3 Å². The molecule has 17 heavy (non-hydrogen) atoms. The van der Waals surface area contributed by atoms with Gasteiger partial charge in [-0.2, -0.15) is 0 Å². The van der Waals surface area contributed by atoms with Crippen LogP contribution in [0.3, 0.4) is 0 Å². The van der Waals surface area contributed by atoms with Crippen LogP contribution in [0.4, 0.5) is 0 Å². The van der Waals surface area contributed by atoms with Crippen LogP contribution in [0.15, 0.2) is 0 Å². The van der Waals surface area contributed by atoms with Gasteiger partial charge >= 0.3 is 5.97 Å². The minimum atomic E-state index is -1.02. The van der Waals surface area contributed by atoms with Gasteiger partial charge in [-0.05, 0) is 19.3 Å². The SMILES string of the molecule is O=C(O)C1CN(C(=O)C2CCCCO2)CCO1. The first kappa shape index (κ1) is 12.3. The Bertz CT molecular complexity index is 300. The van der Waals surface area contributed by atoms with Crippen LogP contribution < -0.4 is 0 Å². The fourth-order valence-electron chi connectivity index (χ4n) is 2.14. The van der Waals surface area contributed by atoms with E-state index in [4.69, 9.17) is 14.6 Å². The molecule has 2 aliphatic heterocycles. The zero-order chi connectivity index (χ0) is 12.3. The van der Waals surface area contributed by atoms with E-state index in [1.807, 2.05) is 0 Å². The van der Waals surface area contributed by atoms with Crippen LogP contribution in [0.25, 0.3) is 0 Å². The fraction of sp³-hybridized carbons (Fsp3) is 0.818. The Hall–Kier alpha value is -1.14. The number of carbonyl (C=O) groups is 2. The van der Waals surface area contributed by atoms with Crippen LogP contribution >= 0.6 is 0 Å². The zero-order valence-electron chi connectivity index (χ0n) is 9.63. The van der Waals surface area contributed by atoms with Gasteiger partial charge in [0.05, 0.1) is 13.2 Å². The normalized spacial score (nSPS) is 30.0. The number of hydrogen-bond donors (Lipinski definition) is 1. The monoisotopic (exact) mass is 243 g/mol. The molecule has 2 fully saturated rings. The van der Waals surface area contributed by atoms with Gasteiger partial charge in [-0.25, -0.2) is 4.79 Å². The van der Waals surface area contributed by atoms with Gasteiger partial charge in [0.25, 0.3) is 5.91 Å². The number of carboxylic acids is 1. The van der Waals surface area contributed by atoms with Crippen molar-refractivity contribution in [1.82, 2.24) is 4.90 Å². The summed E-state index contributed by atoms with van der Waals surface area (Å²) >= 11 is 0. The highest BCUT2D eigenvalue weighted by Gasteiger charge is 2.33. The van der Waals surface area contributed by atoms with Crippen molar-refractivity contribution in [2.75, 3.05) is 26.3 Å². The smallest absolute Gasteiger partial charge is 0.334 e. The molecule has 0 aromatic rings. The van der Waals surface area contributed by atoms with E-state index in [0.29, 0.717) is 13.2 Å². The van der Waals surface area contributed by atoms with Crippen molar-refractivity contribution < 1.29 is 24.2 Å². The second kappa shape index (κ2) is 5.46. The Balaban J connectivity index is 1.91. The molecule has 0 bridgehead atoms. The Morgan fingerprint density at radius 2 is 1.88 bits per heavy atom. The standard InChI is InChI=1S/C11H17NO5/c13-10(8-3-1-2-5-16-8)12-4-6-17-9(7-12)11(14)15/h8-9H,1-7H2,(H,14,15). The maximum Gasteiger partial charge on any atom is 0.334 e. The molecule has 0 aromatic carbocycles. The lowest BCUT2D eigenvalue weighted by Gasteiger charge is -2.34. The summed E-state index contributed by atoms with van der Waals surface area (Å²) in [6.07, 6.45) is 1.41. The second-order valence-electron chi connectivity index (χ2n) is 4.34. The molecule has 0 saturated carbocycles. The Kier molecular flexibility index (Phi) is 3.96. The van der Waals surface area contributed by atoms with Gasteiger partial charge in [-0.1, -0.05) is 0 Å². The number of aliphatic carboxylic acids is 1. The molecule has 2 heterocycles. The zero-order valence-corrected chi connectivity index (χ0v) is 9.63. The number of hydrogen-bond acceptors (Lipinski definition) is 4. The summed E-state index contributed by atoms with van der Waals surface area (Å²) in [5.74, 6) is -1.12. The van der Waals surface area contributed by atoms with E-state index in [0.717, 1.165) is 19.3 Å². The molecule has 2 unspecified atom stereocenters. The van der Waals surface area contributed by atoms with Gasteiger partial charge in [0, 0.05) is 13.2 Å². The Morgan fingerprint density at radius 3 is 2.53 bits per heavy atom. The predicted molar refractivity (Wildman–Crippen MR) is 57.5 cm³/mol. The van der Waals surface area contributed by atoms with Gasteiger partial charge in [0.1, 0.15) is 6.10 Å².